The van der Waals surface area contributed by atoms with Gasteiger partial charge in [-0.1, -0.05) is 6.92 Å². The third-order valence-corrected chi connectivity index (χ3v) is 2.70. The summed E-state index contributed by atoms with van der Waals surface area (Å²) < 4.78 is 5.38. The zero-order valence-electron chi connectivity index (χ0n) is 5.97. The average Bonchev–Trinajstić information content (AvgIpc) is 1.78. The molecule has 1 heteroatoms. The van der Waals surface area contributed by atoms with Crippen molar-refractivity contribution in [1.29, 1.82) is 0 Å². The zero-order valence-corrected chi connectivity index (χ0v) is 5.97. The molecule has 0 aromatic rings. The average molecular weight is 126 g/mol. The smallest absolute Gasteiger partial charge is 0.0625 e. The molecule has 2 aliphatic rings. The molecule has 0 amide bonds. The lowest BCUT2D eigenvalue weighted by atomic mass is 9.78. The van der Waals surface area contributed by atoms with E-state index in [0.29, 0.717) is 6.10 Å². The molecule has 3 unspecified atom stereocenters. The zero-order chi connectivity index (χ0) is 6.27. The van der Waals surface area contributed by atoms with Crippen LogP contribution in [0.1, 0.15) is 26.2 Å². The summed E-state index contributed by atoms with van der Waals surface area (Å²) in [6.45, 7) is 3.41. The Kier molecular flexibility index (Phi) is 1.26. The summed E-state index contributed by atoms with van der Waals surface area (Å²) >= 11 is 0. The molecule has 1 heterocycles. The standard InChI is InChI=1S/C8H14O/c1-6-2-3-8-7(4-6)5-9-8/h6-8H,2-5H2,1H3. The molecule has 0 N–H and O–H groups in total. The molecule has 52 valence electrons. The molecule has 1 aliphatic heterocycles. The van der Waals surface area contributed by atoms with E-state index in [1.165, 1.54) is 19.3 Å². The molecule has 9 heavy (non-hydrogen) atoms. The highest BCUT2D eigenvalue weighted by Crippen LogP contribution is 2.37. The normalized spacial score (nSPS) is 49.7. The topological polar surface area (TPSA) is 9.23 Å². The highest BCUT2D eigenvalue weighted by molar-refractivity contribution is 4.84. The van der Waals surface area contributed by atoms with E-state index in [4.69, 9.17) is 4.74 Å². The number of ether oxygens (including phenoxy) is 1. The third kappa shape index (κ3) is 0.877. The Morgan fingerprint density at radius 2 is 2.22 bits per heavy atom. The molecule has 0 aromatic carbocycles. The minimum Gasteiger partial charge on any atom is -0.377 e. The molecule has 0 aromatic heterocycles. The highest BCUT2D eigenvalue weighted by atomic mass is 16.5. The first kappa shape index (κ1) is 5.72. The van der Waals surface area contributed by atoms with Crippen LogP contribution in [-0.4, -0.2) is 12.7 Å². The second-order valence-electron chi connectivity index (χ2n) is 3.55. The van der Waals surface area contributed by atoms with Gasteiger partial charge in [0.05, 0.1) is 12.7 Å². The van der Waals surface area contributed by atoms with E-state index in [0.717, 1.165) is 18.4 Å². The van der Waals surface area contributed by atoms with Crippen LogP contribution in [0.2, 0.25) is 0 Å². The first-order valence-corrected chi connectivity index (χ1v) is 3.98. The largest absolute Gasteiger partial charge is 0.377 e. The summed E-state index contributed by atoms with van der Waals surface area (Å²) in [6.07, 6.45) is 4.80. The summed E-state index contributed by atoms with van der Waals surface area (Å²) in [5.41, 5.74) is 0. The quantitative estimate of drug-likeness (QED) is 0.481. The van der Waals surface area contributed by atoms with Crippen LogP contribution in [-0.2, 0) is 4.74 Å². The minimum atomic E-state index is 0.668. The monoisotopic (exact) mass is 126 g/mol. The molecule has 1 saturated carbocycles. The van der Waals surface area contributed by atoms with E-state index in [1.807, 2.05) is 0 Å². The predicted octanol–water partition coefficient (Wildman–Crippen LogP) is 1.82. The van der Waals surface area contributed by atoms with E-state index in [9.17, 15) is 0 Å². The molecule has 1 nitrogen and oxygen atoms in total. The van der Waals surface area contributed by atoms with Crippen LogP contribution in [0.5, 0.6) is 0 Å². The lowest BCUT2D eigenvalue weighted by molar-refractivity contribution is -0.142. The maximum absolute atomic E-state index is 5.38. The minimum absolute atomic E-state index is 0.668. The van der Waals surface area contributed by atoms with Gasteiger partial charge in [0, 0.05) is 5.92 Å². The third-order valence-electron chi connectivity index (χ3n) is 2.70. The Labute approximate surface area is 56.4 Å². The summed E-state index contributed by atoms with van der Waals surface area (Å²) in [5.74, 6) is 1.91. The van der Waals surface area contributed by atoms with Crippen LogP contribution >= 0.6 is 0 Å². The van der Waals surface area contributed by atoms with Crippen molar-refractivity contribution < 1.29 is 4.74 Å². The highest BCUT2D eigenvalue weighted by Gasteiger charge is 2.36. The molecule has 2 fully saturated rings. The Morgan fingerprint density at radius 3 is 2.67 bits per heavy atom. The van der Waals surface area contributed by atoms with Crippen LogP contribution in [0.15, 0.2) is 0 Å². The fourth-order valence-electron chi connectivity index (χ4n) is 1.99. The van der Waals surface area contributed by atoms with E-state index >= 15 is 0 Å². The van der Waals surface area contributed by atoms with E-state index in [2.05, 4.69) is 6.92 Å². The molecular weight excluding hydrogens is 112 g/mol. The first-order chi connectivity index (χ1) is 4.36. The van der Waals surface area contributed by atoms with Crippen molar-refractivity contribution in [3.63, 3.8) is 0 Å². The van der Waals surface area contributed by atoms with Gasteiger partial charge < -0.3 is 4.74 Å². The van der Waals surface area contributed by atoms with Crippen molar-refractivity contribution in [2.75, 3.05) is 6.61 Å². The summed E-state index contributed by atoms with van der Waals surface area (Å²) in [5, 5.41) is 0. The van der Waals surface area contributed by atoms with Crippen LogP contribution in [0.3, 0.4) is 0 Å². The summed E-state index contributed by atoms with van der Waals surface area (Å²) in [4.78, 5) is 0. The number of fused-ring (bicyclic) bond motifs is 1. The van der Waals surface area contributed by atoms with Crippen LogP contribution in [0.25, 0.3) is 0 Å². The van der Waals surface area contributed by atoms with Gasteiger partial charge in [0.1, 0.15) is 0 Å². The fourth-order valence-corrected chi connectivity index (χ4v) is 1.99. The van der Waals surface area contributed by atoms with Crippen molar-refractivity contribution >= 4 is 0 Å². The lowest BCUT2D eigenvalue weighted by Crippen LogP contribution is -2.43. The van der Waals surface area contributed by atoms with E-state index in [-0.39, 0.29) is 0 Å². The first-order valence-electron chi connectivity index (χ1n) is 3.98. The van der Waals surface area contributed by atoms with Crippen LogP contribution in [0, 0.1) is 11.8 Å². The Bertz CT molecular complexity index is 111. The molecular formula is C8H14O. The van der Waals surface area contributed by atoms with E-state index < -0.39 is 0 Å². The van der Waals surface area contributed by atoms with Gasteiger partial charge in [0.25, 0.3) is 0 Å². The van der Waals surface area contributed by atoms with Crippen molar-refractivity contribution in [3.05, 3.63) is 0 Å². The van der Waals surface area contributed by atoms with Gasteiger partial charge in [-0.15, -0.1) is 0 Å². The second-order valence-corrected chi connectivity index (χ2v) is 3.55. The van der Waals surface area contributed by atoms with Gasteiger partial charge in [-0.25, -0.2) is 0 Å². The van der Waals surface area contributed by atoms with Gasteiger partial charge in [-0.05, 0) is 25.2 Å². The number of hydrogen-bond donors (Lipinski definition) is 0. The van der Waals surface area contributed by atoms with Crippen molar-refractivity contribution in [2.24, 2.45) is 11.8 Å². The number of rotatable bonds is 0. The van der Waals surface area contributed by atoms with Crippen molar-refractivity contribution in [3.8, 4) is 0 Å². The maximum Gasteiger partial charge on any atom is 0.0625 e. The second kappa shape index (κ2) is 1.98. The van der Waals surface area contributed by atoms with Gasteiger partial charge >= 0.3 is 0 Å². The van der Waals surface area contributed by atoms with Crippen LogP contribution < -0.4 is 0 Å². The summed E-state index contributed by atoms with van der Waals surface area (Å²) in [6, 6.07) is 0. The molecule has 2 rings (SSSR count). The van der Waals surface area contributed by atoms with Gasteiger partial charge in [-0.3, -0.25) is 0 Å². The Balaban J connectivity index is 1.92. The molecule has 0 bridgehead atoms. The molecule has 1 aliphatic carbocycles. The lowest BCUT2D eigenvalue weighted by Gasteiger charge is -2.42. The summed E-state index contributed by atoms with van der Waals surface area (Å²) in [7, 11) is 0. The fraction of sp³-hybridized carbons (Fsp3) is 1.00. The molecule has 1 saturated heterocycles. The van der Waals surface area contributed by atoms with Gasteiger partial charge in [-0.2, -0.15) is 0 Å². The maximum atomic E-state index is 5.38. The van der Waals surface area contributed by atoms with Crippen molar-refractivity contribution in [2.45, 2.75) is 32.3 Å². The van der Waals surface area contributed by atoms with E-state index in [1.54, 1.807) is 0 Å². The van der Waals surface area contributed by atoms with Crippen molar-refractivity contribution in [1.82, 2.24) is 0 Å². The Morgan fingerprint density at radius 1 is 1.33 bits per heavy atom. The predicted molar refractivity (Wildman–Crippen MR) is 36.2 cm³/mol. The van der Waals surface area contributed by atoms with Gasteiger partial charge in [0.2, 0.25) is 0 Å². The molecule has 3 atom stereocenters. The Hall–Kier alpha value is -0.0400. The molecule has 0 spiro atoms. The number of hydrogen-bond acceptors (Lipinski definition) is 1. The SMILES string of the molecule is CC1CCC2OCC2C1. The molecule has 0 radical (unpaired) electrons. The van der Waals surface area contributed by atoms with Gasteiger partial charge in [0.15, 0.2) is 0 Å². The van der Waals surface area contributed by atoms with Crippen LogP contribution in [0.4, 0.5) is 0 Å².